The van der Waals surface area contributed by atoms with Crippen LogP contribution in [0.1, 0.15) is 24.2 Å². The quantitative estimate of drug-likeness (QED) is 0.616. The molecule has 0 aromatic heterocycles. The van der Waals surface area contributed by atoms with Crippen LogP contribution >= 0.6 is 15.9 Å². The van der Waals surface area contributed by atoms with Crippen LogP contribution in [0.5, 0.6) is 0 Å². The number of halogens is 2. The molecule has 0 bridgehead atoms. The molecule has 0 radical (unpaired) electrons. The largest absolute Gasteiger partial charge is 0.480 e. The normalized spacial score (nSPS) is 12.0. The van der Waals surface area contributed by atoms with Gasteiger partial charge in [-0.15, -0.1) is 0 Å². The Labute approximate surface area is 127 Å². The summed E-state index contributed by atoms with van der Waals surface area (Å²) in [6.07, 6.45) is 0. The molecule has 0 aliphatic rings. The Morgan fingerprint density at radius 1 is 1.43 bits per heavy atom. The SMILES string of the molecule is CC(C)[C@@H](NC(=O)c1cc(F)cc([N+](=O)[O-])c1Br)C(=O)O. The van der Waals surface area contributed by atoms with E-state index >= 15 is 0 Å². The number of aliphatic carboxylic acids is 1. The highest BCUT2D eigenvalue weighted by atomic mass is 79.9. The fourth-order valence-corrected chi connectivity index (χ4v) is 2.16. The summed E-state index contributed by atoms with van der Waals surface area (Å²) in [4.78, 5) is 33.0. The summed E-state index contributed by atoms with van der Waals surface area (Å²) >= 11 is 2.86. The highest BCUT2D eigenvalue weighted by Crippen LogP contribution is 2.29. The second-order valence-corrected chi connectivity index (χ2v) is 5.37. The first-order chi connectivity index (χ1) is 9.65. The van der Waals surface area contributed by atoms with Crippen molar-refractivity contribution in [3.8, 4) is 0 Å². The first kappa shape index (κ1) is 17.0. The van der Waals surface area contributed by atoms with Crippen LogP contribution < -0.4 is 5.32 Å². The minimum atomic E-state index is -1.25. The van der Waals surface area contributed by atoms with E-state index < -0.39 is 40.3 Å². The number of hydrogen-bond donors (Lipinski definition) is 2. The fraction of sp³-hybridized carbons (Fsp3) is 0.333. The van der Waals surface area contributed by atoms with E-state index in [-0.39, 0.29) is 10.0 Å². The summed E-state index contributed by atoms with van der Waals surface area (Å²) in [7, 11) is 0. The Balaban J connectivity index is 3.19. The molecule has 9 heteroatoms. The zero-order chi connectivity index (χ0) is 16.3. The maximum atomic E-state index is 13.4. The molecule has 0 unspecified atom stereocenters. The average molecular weight is 363 g/mol. The minimum Gasteiger partial charge on any atom is -0.480 e. The maximum absolute atomic E-state index is 13.4. The number of nitro groups is 1. The minimum absolute atomic E-state index is 0.209. The third-order valence-electron chi connectivity index (χ3n) is 2.68. The molecule has 1 atom stereocenters. The van der Waals surface area contributed by atoms with Crippen molar-refractivity contribution in [2.45, 2.75) is 19.9 Å². The maximum Gasteiger partial charge on any atom is 0.326 e. The van der Waals surface area contributed by atoms with Crippen LogP contribution in [0.25, 0.3) is 0 Å². The summed E-state index contributed by atoms with van der Waals surface area (Å²) in [6.45, 7) is 3.17. The number of carbonyl (C=O) groups excluding carboxylic acids is 1. The monoisotopic (exact) mass is 362 g/mol. The van der Waals surface area contributed by atoms with E-state index in [1.54, 1.807) is 13.8 Å². The van der Waals surface area contributed by atoms with Crippen molar-refractivity contribution in [3.05, 3.63) is 38.1 Å². The number of nitrogens with one attached hydrogen (secondary N) is 1. The lowest BCUT2D eigenvalue weighted by atomic mass is 10.0. The van der Waals surface area contributed by atoms with Crippen LogP contribution in [0.2, 0.25) is 0 Å². The Bertz CT molecular complexity index is 606. The number of nitro benzene ring substituents is 1. The molecule has 0 fully saturated rings. The van der Waals surface area contributed by atoms with Crippen LogP contribution in [-0.2, 0) is 4.79 Å². The summed E-state index contributed by atoms with van der Waals surface area (Å²) in [5.41, 5.74) is -0.954. The van der Waals surface area contributed by atoms with Gasteiger partial charge < -0.3 is 10.4 Å². The van der Waals surface area contributed by atoms with Gasteiger partial charge in [-0.2, -0.15) is 0 Å². The molecule has 1 aromatic carbocycles. The lowest BCUT2D eigenvalue weighted by molar-refractivity contribution is -0.385. The second-order valence-electron chi connectivity index (χ2n) is 4.58. The first-order valence-corrected chi connectivity index (χ1v) is 6.61. The molecular weight excluding hydrogens is 351 g/mol. The summed E-state index contributed by atoms with van der Waals surface area (Å²) < 4.78 is 13.2. The highest BCUT2D eigenvalue weighted by Gasteiger charge is 2.27. The van der Waals surface area contributed by atoms with Gasteiger partial charge >= 0.3 is 5.97 Å². The smallest absolute Gasteiger partial charge is 0.326 e. The predicted octanol–water partition coefficient (Wildman–Crippen LogP) is 2.34. The molecule has 1 aromatic rings. The van der Waals surface area contributed by atoms with Gasteiger partial charge in [-0.05, 0) is 27.9 Å². The van der Waals surface area contributed by atoms with Gasteiger partial charge in [0.25, 0.3) is 11.6 Å². The number of carboxylic acid groups (broad SMARTS) is 1. The Kier molecular flexibility index (Phi) is 5.36. The van der Waals surface area contributed by atoms with Crippen LogP contribution in [0, 0.1) is 21.8 Å². The molecule has 2 N–H and O–H groups in total. The third kappa shape index (κ3) is 3.97. The molecule has 0 saturated heterocycles. The van der Waals surface area contributed by atoms with Crippen molar-refractivity contribution in [2.75, 3.05) is 0 Å². The predicted molar refractivity (Wildman–Crippen MR) is 74.5 cm³/mol. The number of amides is 1. The van der Waals surface area contributed by atoms with Gasteiger partial charge in [0, 0.05) is 0 Å². The number of rotatable bonds is 5. The van der Waals surface area contributed by atoms with Gasteiger partial charge in [-0.3, -0.25) is 14.9 Å². The Morgan fingerprint density at radius 3 is 2.43 bits per heavy atom. The van der Waals surface area contributed by atoms with Crippen LogP contribution in [-0.4, -0.2) is 27.9 Å². The highest BCUT2D eigenvalue weighted by molar-refractivity contribution is 9.10. The number of carbonyl (C=O) groups is 2. The van der Waals surface area contributed by atoms with E-state index in [9.17, 15) is 24.1 Å². The summed E-state index contributed by atoms with van der Waals surface area (Å²) in [6, 6.07) is 0.274. The Morgan fingerprint density at radius 2 is 2.00 bits per heavy atom. The number of hydrogen-bond acceptors (Lipinski definition) is 4. The molecule has 0 aliphatic heterocycles. The zero-order valence-electron chi connectivity index (χ0n) is 11.1. The topological polar surface area (TPSA) is 110 Å². The van der Waals surface area contributed by atoms with Crippen molar-refractivity contribution in [1.82, 2.24) is 5.32 Å². The van der Waals surface area contributed by atoms with Crippen molar-refractivity contribution in [3.63, 3.8) is 0 Å². The van der Waals surface area contributed by atoms with E-state index in [0.717, 1.165) is 6.07 Å². The van der Waals surface area contributed by atoms with E-state index in [1.165, 1.54) is 0 Å². The molecule has 1 amide bonds. The first-order valence-electron chi connectivity index (χ1n) is 5.82. The van der Waals surface area contributed by atoms with E-state index in [0.29, 0.717) is 6.07 Å². The lowest BCUT2D eigenvalue weighted by Crippen LogP contribution is -2.44. The van der Waals surface area contributed by atoms with Gasteiger partial charge in [-0.25, -0.2) is 9.18 Å². The van der Waals surface area contributed by atoms with Crippen molar-refractivity contribution >= 4 is 33.5 Å². The lowest BCUT2D eigenvalue weighted by Gasteiger charge is -2.18. The van der Waals surface area contributed by atoms with Crippen molar-refractivity contribution < 1.29 is 24.0 Å². The van der Waals surface area contributed by atoms with Crippen molar-refractivity contribution in [2.24, 2.45) is 5.92 Å². The molecule has 0 heterocycles. The van der Waals surface area contributed by atoms with Crippen LogP contribution in [0.15, 0.2) is 16.6 Å². The number of nitrogens with zero attached hydrogens (tertiary/aromatic N) is 1. The number of carboxylic acids is 1. The van der Waals surface area contributed by atoms with Gasteiger partial charge in [0.2, 0.25) is 0 Å². The molecule has 0 aliphatic carbocycles. The molecule has 1 rings (SSSR count). The van der Waals surface area contributed by atoms with E-state index in [1.807, 2.05) is 0 Å². The molecule has 21 heavy (non-hydrogen) atoms. The van der Waals surface area contributed by atoms with E-state index in [4.69, 9.17) is 5.11 Å². The summed E-state index contributed by atoms with van der Waals surface area (Å²) in [5.74, 6) is -3.54. The van der Waals surface area contributed by atoms with Gasteiger partial charge in [0.1, 0.15) is 16.3 Å². The van der Waals surface area contributed by atoms with Crippen molar-refractivity contribution in [1.29, 1.82) is 0 Å². The van der Waals surface area contributed by atoms with Gasteiger partial charge in [0.05, 0.1) is 16.6 Å². The fourth-order valence-electron chi connectivity index (χ4n) is 1.61. The van der Waals surface area contributed by atoms with Gasteiger partial charge in [-0.1, -0.05) is 13.8 Å². The second kappa shape index (κ2) is 6.61. The van der Waals surface area contributed by atoms with Gasteiger partial charge in [0.15, 0.2) is 0 Å². The third-order valence-corrected chi connectivity index (χ3v) is 3.51. The molecular formula is C12H12BrFN2O5. The standard InChI is InChI=1S/C12H12BrFN2O5/c1-5(2)10(12(18)19)15-11(17)7-3-6(14)4-8(9(7)13)16(20)21/h3-5,10H,1-2H3,(H,15,17)(H,18,19)/t10-/m1/s1. The molecule has 114 valence electrons. The van der Waals surface area contributed by atoms with E-state index in [2.05, 4.69) is 21.2 Å². The van der Waals surface area contributed by atoms with Crippen LogP contribution in [0.3, 0.4) is 0 Å². The zero-order valence-corrected chi connectivity index (χ0v) is 12.7. The number of benzene rings is 1. The molecule has 7 nitrogen and oxygen atoms in total. The molecule has 0 saturated carbocycles. The van der Waals surface area contributed by atoms with Crippen LogP contribution in [0.4, 0.5) is 10.1 Å². The molecule has 0 spiro atoms. The summed E-state index contributed by atoms with van der Waals surface area (Å²) in [5, 5.41) is 22.0. The average Bonchev–Trinajstić information content (AvgIpc) is 2.36. The Hall–Kier alpha value is -2.03.